The zero-order valence-electron chi connectivity index (χ0n) is 6.32. The Balaban J connectivity index is 3.38. The lowest BCUT2D eigenvalue weighted by Gasteiger charge is -2.12. The number of hydrogen-bond acceptors (Lipinski definition) is 2. The van der Waals surface area contributed by atoms with E-state index >= 15 is 0 Å². The molecule has 0 saturated carbocycles. The maximum atomic E-state index is 12.3. The summed E-state index contributed by atoms with van der Waals surface area (Å²) < 4.78 is 37.4. The molecule has 0 bridgehead atoms. The molecule has 6 heteroatoms. The van der Waals surface area contributed by atoms with Gasteiger partial charge in [-0.15, -0.1) is 0 Å². The van der Waals surface area contributed by atoms with Gasteiger partial charge in [-0.2, -0.15) is 13.2 Å². The van der Waals surface area contributed by atoms with Gasteiger partial charge in [-0.1, -0.05) is 0 Å². The van der Waals surface area contributed by atoms with E-state index in [1.807, 2.05) is 22.6 Å². The number of halogens is 4. The third-order valence-electron chi connectivity index (χ3n) is 1.45. The number of rotatable bonds is 0. The summed E-state index contributed by atoms with van der Waals surface area (Å²) in [5.41, 5.74) is 8.78. The fourth-order valence-corrected chi connectivity index (χ4v) is 1.65. The van der Waals surface area contributed by atoms with Crippen molar-refractivity contribution in [2.45, 2.75) is 6.18 Å². The van der Waals surface area contributed by atoms with Gasteiger partial charge >= 0.3 is 6.18 Å². The van der Waals surface area contributed by atoms with Gasteiger partial charge in [-0.3, -0.25) is 0 Å². The number of hydrogen-bond donors (Lipinski definition) is 2. The molecule has 2 nitrogen and oxygen atoms in total. The van der Waals surface area contributed by atoms with Crippen molar-refractivity contribution in [2.75, 3.05) is 11.5 Å². The second kappa shape index (κ2) is 3.24. The van der Waals surface area contributed by atoms with Crippen molar-refractivity contribution in [3.63, 3.8) is 0 Å². The van der Waals surface area contributed by atoms with Crippen LogP contribution in [0.5, 0.6) is 0 Å². The van der Waals surface area contributed by atoms with Gasteiger partial charge < -0.3 is 11.5 Å². The zero-order chi connectivity index (χ0) is 10.2. The van der Waals surface area contributed by atoms with E-state index in [2.05, 4.69) is 0 Å². The van der Waals surface area contributed by atoms with Crippen LogP contribution in [0.15, 0.2) is 12.1 Å². The van der Waals surface area contributed by atoms with Crippen molar-refractivity contribution in [2.24, 2.45) is 0 Å². The Morgan fingerprint density at radius 2 is 1.46 bits per heavy atom. The molecule has 0 radical (unpaired) electrons. The number of alkyl halides is 3. The first-order chi connectivity index (χ1) is 5.82. The molecular weight excluding hydrogens is 296 g/mol. The molecule has 4 N–H and O–H groups in total. The van der Waals surface area contributed by atoms with Crippen LogP contribution in [0.2, 0.25) is 0 Å². The van der Waals surface area contributed by atoms with Crippen molar-refractivity contribution in [1.29, 1.82) is 0 Å². The highest BCUT2D eigenvalue weighted by atomic mass is 127. The molecule has 1 rings (SSSR count). The summed E-state index contributed by atoms with van der Waals surface area (Å²) in [7, 11) is 0. The van der Waals surface area contributed by atoms with Gasteiger partial charge in [0.1, 0.15) is 5.56 Å². The molecule has 0 fully saturated rings. The van der Waals surface area contributed by atoms with E-state index in [0.717, 1.165) is 0 Å². The van der Waals surface area contributed by atoms with Gasteiger partial charge in [0.05, 0.1) is 0 Å². The van der Waals surface area contributed by atoms with Crippen LogP contribution in [0.3, 0.4) is 0 Å². The average Bonchev–Trinajstić information content (AvgIpc) is 1.78. The van der Waals surface area contributed by atoms with Crippen LogP contribution < -0.4 is 11.5 Å². The van der Waals surface area contributed by atoms with Crippen LogP contribution >= 0.6 is 22.6 Å². The van der Waals surface area contributed by atoms with Crippen LogP contribution in [-0.4, -0.2) is 0 Å². The molecule has 1 aromatic rings. The van der Waals surface area contributed by atoms with Crippen molar-refractivity contribution < 1.29 is 13.2 Å². The zero-order valence-corrected chi connectivity index (χ0v) is 8.48. The molecule has 0 aliphatic heterocycles. The Hall–Kier alpha value is -0.660. The molecule has 0 spiro atoms. The third kappa shape index (κ3) is 2.17. The molecule has 0 aliphatic rings. The molecule has 0 aromatic heterocycles. The second-order valence-electron chi connectivity index (χ2n) is 2.46. The molecule has 72 valence electrons. The van der Waals surface area contributed by atoms with Crippen LogP contribution in [0, 0.1) is 3.57 Å². The van der Waals surface area contributed by atoms with Gasteiger partial charge in [0.2, 0.25) is 0 Å². The van der Waals surface area contributed by atoms with E-state index in [0.29, 0.717) is 3.57 Å². The third-order valence-corrected chi connectivity index (χ3v) is 2.07. The molecule has 13 heavy (non-hydrogen) atoms. The predicted octanol–water partition coefficient (Wildman–Crippen LogP) is 2.47. The van der Waals surface area contributed by atoms with E-state index < -0.39 is 11.7 Å². The summed E-state index contributed by atoms with van der Waals surface area (Å²) in [6.45, 7) is 0. The highest BCUT2D eigenvalue weighted by molar-refractivity contribution is 14.1. The van der Waals surface area contributed by atoms with Crippen molar-refractivity contribution in [3.8, 4) is 0 Å². The second-order valence-corrected chi connectivity index (χ2v) is 3.70. The minimum absolute atomic E-state index is 0.336. The summed E-state index contributed by atoms with van der Waals surface area (Å²) in [5.74, 6) is 0. The average molecular weight is 302 g/mol. The molecule has 0 saturated heterocycles. The summed E-state index contributed by atoms with van der Waals surface area (Å²) in [6.07, 6.45) is -4.49. The molecule has 0 unspecified atom stereocenters. The largest absolute Gasteiger partial charge is 0.420 e. The molecule has 0 aliphatic carbocycles. The molecule has 0 amide bonds. The Kier molecular flexibility index (Phi) is 2.60. The lowest BCUT2D eigenvalue weighted by molar-refractivity contribution is -0.136. The highest BCUT2D eigenvalue weighted by Gasteiger charge is 2.35. The minimum Gasteiger partial charge on any atom is -0.398 e. The molecule has 0 atom stereocenters. The van der Waals surface area contributed by atoms with E-state index in [1.165, 1.54) is 12.1 Å². The smallest absolute Gasteiger partial charge is 0.398 e. The van der Waals surface area contributed by atoms with Gasteiger partial charge in [0, 0.05) is 14.9 Å². The SMILES string of the molecule is Nc1cc(I)cc(N)c1C(F)(F)F. The van der Waals surface area contributed by atoms with Gasteiger partial charge in [0.15, 0.2) is 0 Å². The number of nitrogen functional groups attached to an aromatic ring is 2. The van der Waals surface area contributed by atoms with E-state index in [9.17, 15) is 13.2 Å². The Morgan fingerprint density at radius 1 is 1.08 bits per heavy atom. The number of nitrogens with two attached hydrogens (primary N) is 2. The number of anilines is 2. The minimum atomic E-state index is -4.49. The highest BCUT2D eigenvalue weighted by Crippen LogP contribution is 2.38. The number of benzene rings is 1. The molecular formula is C7H6F3IN2. The van der Waals surface area contributed by atoms with E-state index in [1.54, 1.807) is 0 Å². The van der Waals surface area contributed by atoms with Crippen LogP contribution in [0.4, 0.5) is 24.5 Å². The Bertz CT molecular complexity index is 312. The summed E-state index contributed by atoms with van der Waals surface area (Å²) in [4.78, 5) is 0. The monoisotopic (exact) mass is 302 g/mol. The predicted molar refractivity (Wildman–Crippen MR) is 53.0 cm³/mol. The fraction of sp³-hybridized carbons (Fsp3) is 0.143. The standard InChI is InChI=1S/C7H6F3IN2/c8-7(9,10)6-4(12)1-3(11)2-5(6)13/h1-2H,12-13H2. The van der Waals surface area contributed by atoms with E-state index in [4.69, 9.17) is 11.5 Å². The normalized spacial score (nSPS) is 11.7. The quantitative estimate of drug-likeness (QED) is 0.571. The van der Waals surface area contributed by atoms with Gasteiger partial charge in [0.25, 0.3) is 0 Å². The maximum Gasteiger partial charge on any atom is 0.420 e. The van der Waals surface area contributed by atoms with Gasteiger partial charge in [-0.25, -0.2) is 0 Å². The van der Waals surface area contributed by atoms with Crippen LogP contribution in [0.25, 0.3) is 0 Å². The lowest BCUT2D eigenvalue weighted by atomic mass is 10.1. The Labute approximate surface area is 86.2 Å². The maximum absolute atomic E-state index is 12.3. The van der Waals surface area contributed by atoms with Gasteiger partial charge in [-0.05, 0) is 34.7 Å². The fourth-order valence-electron chi connectivity index (χ4n) is 0.977. The summed E-state index contributed by atoms with van der Waals surface area (Å²) >= 11 is 1.85. The topological polar surface area (TPSA) is 52.0 Å². The Morgan fingerprint density at radius 3 is 1.77 bits per heavy atom. The van der Waals surface area contributed by atoms with Crippen molar-refractivity contribution in [1.82, 2.24) is 0 Å². The molecule has 1 aromatic carbocycles. The van der Waals surface area contributed by atoms with E-state index in [-0.39, 0.29) is 11.4 Å². The van der Waals surface area contributed by atoms with Crippen molar-refractivity contribution in [3.05, 3.63) is 21.3 Å². The first kappa shape index (κ1) is 10.4. The van der Waals surface area contributed by atoms with Crippen molar-refractivity contribution >= 4 is 34.0 Å². The first-order valence-electron chi connectivity index (χ1n) is 3.24. The first-order valence-corrected chi connectivity index (χ1v) is 4.32. The summed E-state index contributed by atoms with van der Waals surface area (Å²) in [5, 5.41) is 0. The summed E-state index contributed by atoms with van der Waals surface area (Å²) in [6, 6.07) is 2.47. The lowest BCUT2D eigenvalue weighted by Crippen LogP contribution is -2.12. The molecule has 0 heterocycles. The van der Waals surface area contributed by atoms with Crippen LogP contribution in [0.1, 0.15) is 5.56 Å². The van der Waals surface area contributed by atoms with Crippen LogP contribution in [-0.2, 0) is 6.18 Å².